The molecule has 1 saturated heterocycles. The van der Waals surface area contributed by atoms with E-state index in [2.05, 4.69) is 42.0 Å². The number of piperazine rings is 1. The molecule has 1 aliphatic heterocycles. The molecule has 0 aliphatic carbocycles. The van der Waals surface area contributed by atoms with E-state index >= 15 is 0 Å². The van der Waals surface area contributed by atoms with Gasteiger partial charge >= 0.3 is 5.97 Å². The van der Waals surface area contributed by atoms with Gasteiger partial charge in [-0.05, 0) is 55.3 Å². The van der Waals surface area contributed by atoms with Crippen molar-refractivity contribution in [2.24, 2.45) is 5.92 Å². The zero-order valence-corrected chi connectivity index (χ0v) is 23.9. The van der Waals surface area contributed by atoms with Gasteiger partial charge in [0.15, 0.2) is 0 Å². The molecule has 1 fully saturated rings. The molecule has 0 spiro atoms. The van der Waals surface area contributed by atoms with Gasteiger partial charge in [-0.1, -0.05) is 25.7 Å². The Labute approximate surface area is 239 Å². The van der Waals surface area contributed by atoms with E-state index in [0.29, 0.717) is 18.7 Å². The number of benzene rings is 1. The molecule has 1 unspecified atom stereocenters. The molecule has 216 valence electrons. The highest BCUT2D eigenvalue weighted by Crippen LogP contribution is 2.19. The van der Waals surface area contributed by atoms with Gasteiger partial charge < -0.3 is 15.3 Å². The molecule has 2 atom stereocenters. The summed E-state index contributed by atoms with van der Waals surface area (Å²) in [5.41, 5.74) is 3.34. The number of pyridine rings is 1. The lowest BCUT2D eigenvalue weighted by atomic mass is 10.1. The van der Waals surface area contributed by atoms with Gasteiger partial charge in [-0.2, -0.15) is 22.5 Å². The monoisotopic (exact) mass is 579 g/mol. The van der Waals surface area contributed by atoms with Crippen LogP contribution >= 0.6 is 0 Å². The number of anilines is 1. The Morgan fingerprint density at radius 3 is 2.29 bits per heavy atom. The molecule has 41 heavy (non-hydrogen) atoms. The van der Waals surface area contributed by atoms with Gasteiger partial charge in [-0.3, -0.25) is 19.7 Å². The lowest BCUT2D eigenvalue weighted by molar-refractivity contribution is -0.140. The van der Waals surface area contributed by atoms with Gasteiger partial charge in [0, 0.05) is 55.4 Å². The minimum atomic E-state index is -3.92. The molecule has 2 aromatic heterocycles. The second-order valence-corrected chi connectivity index (χ2v) is 11.7. The predicted molar refractivity (Wildman–Crippen MR) is 153 cm³/mol. The van der Waals surface area contributed by atoms with Crippen molar-refractivity contribution in [1.82, 2.24) is 29.5 Å². The minimum Gasteiger partial charge on any atom is -0.480 e. The fourth-order valence-corrected chi connectivity index (χ4v) is 5.77. The van der Waals surface area contributed by atoms with E-state index in [4.69, 9.17) is 0 Å². The summed E-state index contributed by atoms with van der Waals surface area (Å²) in [5.74, 6) is 4.26. The van der Waals surface area contributed by atoms with Crippen LogP contribution in [0.25, 0.3) is 0 Å². The van der Waals surface area contributed by atoms with Crippen molar-refractivity contribution in [3.63, 3.8) is 0 Å². The number of carbonyl (C=O) groups excluding carboxylic acids is 1. The summed E-state index contributed by atoms with van der Waals surface area (Å²) in [4.78, 5) is 30.3. The topological polar surface area (TPSA) is 161 Å². The number of amides is 1. The second kappa shape index (κ2) is 12.9. The van der Waals surface area contributed by atoms with Gasteiger partial charge in [-0.15, -0.1) is 0 Å². The molecule has 1 aromatic carbocycles. The van der Waals surface area contributed by atoms with Crippen LogP contribution in [0.2, 0.25) is 0 Å². The van der Waals surface area contributed by atoms with Crippen LogP contribution in [-0.4, -0.2) is 77.1 Å². The minimum absolute atomic E-state index is 0.236. The van der Waals surface area contributed by atoms with Crippen LogP contribution in [0.15, 0.2) is 54.9 Å². The number of aromatic amines is 1. The van der Waals surface area contributed by atoms with E-state index in [9.17, 15) is 23.1 Å². The number of aromatic nitrogens is 3. The van der Waals surface area contributed by atoms with E-state index < -0.39 is 22.2 Å². The number of nitrogens with zero attached hydrogens (tertiary/aromatic N) is 4. The van der Waals surface area contributed by atoms with Crippen LogP contribution in [0.4, 0.5) is 5.69 Å². The highest BCUT2D eigenvalue weighted by atomic mass is 32.2. The fourth-order valence-electron chi connectivity index (χ4n) is 4.28. The van der Waals surface area contributed by atoms with E-state index in [-0.39, 0.29) is 36.7 Å². The molecule has 0 bridgehead atoms. The molecule has 1 amide bonds. The van der Waals surface area contributed by atoms with Crippen molar-refractivity contribution in [3.8, 4) is 11.8 Å². The number of carboxylic acid groups (broad SMARTS) is 1. The average Bonchev–Trinajstić information content (AvgIpc) is 3.51. The summed E-state index contributed by atoms with van der Waals surface area (Å²) >= 11 is 0. The summed E-state index contributed by atoms with van der Waals surface area (Å²) in [6.45, 7) is 6.56. The Kier molecular flexibility index (Phi) is 9.38. The standard InChI is InChI=1S/C28H33N7O5S/c1-19(2)26(28(37)38)33-41(39,40)35-16-14-34(15-17-35)23-8-6-21(7-9-23)4-5-22-10-12-29-25(18-22)27(36)31-20(3)24-11-13-30-32-24/h6-13,18-20,26,33H,14-17H2,1-3H3,(H,30,32)(H,31,36)(H,37,38)/t20?,26-/m1/s1. The van der Waals surface area contributed by atoms with Crippen LogP contribution in [0.3, 0.4) is 0 Å². The third-order valence-electron chi connectivity index (χ3n) is 6.68. The van der Waals surface area contributed by atoms with Crippen LogP contribution < -0.4 is 14.9 Å². The Morgan fingerprint density at radius 1 is 1.00 bits per heavy atom. The first-order chi connectivity index (χ1) is 19.5. The second-order valence-electron chi connectivity index (χ2n) is 9.99. The highest BCUT2D eigenvalue weighted by molar-refractivity contribution is 7.87. The van der Waals surface area contributed by atoms with Gasteiger partial charge in [0.25, 0.3) is 16.1 Å². The van der Waals surface area contributed by atoms with Crippen LogP contribution in [0.1, 0.15) is 54.1 Å². The maximum absolute atomic E-state index is 12.7. The number of nitrogens with one attached hydrogen (secondary N) is 3. The summed E-state index contributed by atoms with van der Waals surface area (Å²) in [6, 6.07) is 11.3. The normalized spacial score (nSPS) is 15.6. The number of aliphatic carboxylic acids is 1. The highest BCUT2D eigenvalue weighted by Gasteiger charge is 2.33. The molecule has 4 rings (SSSR count). The molecule has 4 N–H and O–H groups in total. The Hall–Kier alpha value is -4.25. The maximum Gasteiger partial charge on any atom is 0.322 e. The number of carbonyl (C=O) groups is 2. The largest absolute Gasteiger partial charge is 0.480 e. The molecule has 3 aromatic rings. The first-order valence-corrected chi connectivity index (χ1v) is 14.6. The number of H-pyrrole nitrogens is 1. The maximum atomic E-state index is 12.7. The van der Waals surface area contributed by atoms with E-state index in [1.54, 1.807) is 44.4 Å². The van der Waals surface area contributed by atoms with Crippen LogP contribution in [0, 0.1) is 17.8 Å². The Morgan fingerprint density at radius 2 is 1.68 bits per heavy atom. The quantitative estimate of drug-likeness (QED) is 0.279. The van der Waals surface area contributed by atoms with E-state index in [0.717, 1.165) is 16.9 Å². The summed E-state index contributed by atoms with van der Waals surface area (Å²) in [5, 5.41) is 19.0. The van der Waals surface area contributed by atoms with Crippen LogP contribution in [-0.2, 0) is 15.0 Å². The van der Waals surface area contributed by atoms with E-state index in [1.165, 1.54) is 4.31 Å². The molecule has 1 aliphatic rings. The summed E-state index contributed by atoms with van der Waals surface area (Å²) in [7, 11) is -3.92. The number of hydrogen-bond acceptors (Lipinski definition) is 7. The molecule has 3 heterocycles. The SMILES string of the molecule is CC(NC(=O)c1cc(C#Cc2ccc(N3CCN(S(=O)(=O)N[C@@H](C(=O)O)C(C)C)CC3)cc2)ccn1)c1cc[nH]n1. The van der Waals surface area contributed by atoms with Crippen molar-refractivity contribution in [3.05, 3.63) is 77.4 Å². The molecule has 0 radical (unpaired) electrons. The number of carboxylic acids is 1. The number of rotatable bonds is 9. The molecular weight excluding hydrogens is 546 g/mol. The first-order valence-electron chi connectivity index (χ1n) is 13.2. The Balaban J connectivity index is 1.34. The van der Waals surface area contributed by atoms with Gasteiger partial charge in [0.1, 0.15) is 11.7 Å². The lowest BCUT2D eigenvalue weighted by Crippen LogP contribution is -2.55. The zero-order chi connectivity index (χ0) is 29.6. The third kappa shape index (κ3) is 7.69. The average molecular weight is 580 g/mol. The van der Waals surface area contributed by atoms with Crippen molar-refractivity contribution >= 4 is 27.8 Å². The molecule has 12 nitrogen and oxygen atoms in total. The first kappa shape index (κ1) is 29.7. The van der Waals surface area contributed by atoms with Gasteiger partial charge in [0.05, 0.1) is 11.7 Å². The van der Waals surface area contributed by atoms with Crippen molar-refractivity contribution < 1.29 is 23.1 Å². The summed E-state index contributed by atoms with van der Waals surface area (Å²) < 4.78 is 29.0. The van der Waals surface area contributed by atoms with Crippen molar-refractivity contribution in [2.75, 3.05) is 31.1 Å². The van der Waals surface area contributed by atoms with Crippen molar-refractivity contribution in [1.29, 1.82) is 0 Å². The molecule has 13 heteroatoms. The summed E-state index contributed by atoms with van der Waals surface area (Å²) in [6.07, 6.45) is 3.24. The van der Waals surface area contributed by atoms with Crippen molar-refractivity contribution in [2.45, 2.75) is 32.9 Å². The third-order valence-corrected chi connectivity index (χ3v) is 8.27. The van der Waals surface area contributed by atoms with Gasteiger partial charge in [0.2, 0.25) is 0 Å². The van der Waals surface area contributed by atoms with E-state index in [1.807, 2.05) is 31.2 Å². The lowest BCUT2D eigenvalue weighted by Gasteiger charge is -2.36. The predicted octanol–water partition coefficient (Wildman–Crippen LogP) is 1.76. The van der Waals surface area contributed by atoms with Gasteiger partial charge in [-0.25, -0.2) is 0 Å². The molecular formula is C28H33N7O5S. The molecule has 0 saturated carbocycles. The Bertz CT molecular complexity index is 1520. The van der Waals surface area contributed by atoms with Crippen LogP contribution in [0.5, 0.6) is 0 Å². The number of hydrogen-bond donors (Lipinski definition) is 4. The smallest absolute Gasteiger partial charge is 0.322 e. The zero-order valence-electron chi connectivity index (χ0n) is 23.0. The fraction of sp³-hybridized carbons (Fsp3) is 0.357.